The molecule has 0 bridgehead atoms. The summed E-state index contributed by atoms with van der Waals surface area (Å²) in [6.45, 7) is 4.75. The standard InChI is InChI=1S/C15H20ClNO2/c1-3-11-6-7-17(9-11)10-14(18)12-4-5-15(19-2)13(16)8-12/h4-5,8,11H,3,6-7,9-10H2,1-2H3. The average Bonchev–Trinajstić information content (AvgIpc) is 2.86. The predicted molar refractivity (Wildman–Crippen MR) is 77.2 cm³/mol. The van der Waals surface area contributed by atoms with E-state index in [1.165, 1.54) is 12.8 Å². The maximum absolute atomic E-state index is 12.2. The Morgan fingerprint density at radius 1 is 1.53 bits per heavy atom. The van der Waals surface area contributed by atoms with Crippen LogP contribution >= 0.6 is 11.6 Å². The van der Waals surface area contributed by atoms with Crippen molar-refractivity contribution in [2.24, 2.45) is 5.92 Å². The average molecular weight is 282 g/mol. The summed E-state index contributed by atoms with van der Waals surface area (Å²) in [5, 5.41) is 0.487. The van der Waals surface area contributed by atoms with Gasteiger partial charge in [-0.25, -0.2) is 0 Å². The van der Waals surface area contributed by atoms with E-state index < -0.39 is 0 Å². The van der Waals surface area contributed by atoms with Gasteiger partial charge in [-0.15, -0.1) is 0 Å². The number of methoxy groups -OCH3 is 1. The number of Topliss-reactive ketones (excluding diaryl/α,β-unsaturated/α-hetero) is 1. The van der Waals surface area contributed by atoms with Crippen LogP contribution in [0.25, 0.3) is 0 Å². The number of halogens is 1. The fourth-order valence-corrected chi connectivity index (χ4v) is 2.78. The molecule has 1 aromatic carbocycles. The van der Waals surface area contributed by atoms with Crippen molar-refractivity contribution in [3.63, 3.8) is 0 Å². The molecule has 0 N–H and O–H groups in total. The van der Waals surface area contributed by atoms with Crippen molar-refractivity contribution in [1.82, 2.24) is 4.90 Å². The summed E-state index contributed by atoms with van der Waals surface area (Å²) in [7, 11) is 1.57. The van der Waals surface area contributed by atoms with Crippen LogP contribution in [0.15, 0.2) is 18.2 Å². The van der Waals surface area contributed by atoms with Crippen LogP contribution < -0.4 is 4.74 Å². The molecule has 2 rings (SSSR count). The minimum Gasteiger partial charge on any atom is -0.495 e. The number of hydrogen-bond acceptors (Lipinski definition) is 3. The van der Waals surface area contributed by atoms with E-state index in [0.29, 0.717) is 22.9 Å². The lowest BCUT2D eigenvalue weighted by atomic mass is 10.1. The summed E-state index contributed by atoms with van der Waals surface area (Å²) < 4.78 is 5.09. The van der Waals surface area contributed by atoms with Crippen LogP contribution in [-0.4, -0.2) is 37.4 Å². The molecule has 1 fully saturated rings. The van der Waals surface area contributed by atoms with Crippen LogP contribution in [0.4, 0.5) is 0 Å². The van der Waals surface area contributed by atoms with Crippen molar-refractivity contribution in [1.29, 1.82) is 0 Å². The Balaban J connectivity index is 1.98. The number of benzene rings is 1. The number of rotatable bonds is 5. The maximum atomic E-state index is 12.2. The Hall–Kier alpha value is -1.06. The van der Waals surface area contributed by atoms with E-state index in [2.05, 4.69) is 11.8 Å². The fourth-order valence-electron chi connectivity index (χ4n) is 2.52. The second-order valence-corrected chi connectivity index (χ2v) is 5.48. The highest BCUT2D eigenvalue weighted by molar-refractivity contribution is 6.32. The summed E-state index contributed by atoms with van der Waals surface area (Å²) in [6.07, 6.45) is 2.40. The second kappa shape index (κ2) is 6.40. The Labute approximate surface area is 119 Å². The Morgan fingerprint density at radius 3 is 2.89 bits per heavy atom. The highest BCUT2D eigenvalue weighted by Gasteiger charge is 2.23. The summed E-state index contributed by atoms with van der Waals surface area (Å²) in [5.41, 5.74) is 0.658. The quantitative estimate of drug-likeness (QED) is 0.776. The van der Waals surface area contributed by atoms with Crippen LogP contribution in [0.5, 0.6) is 5.75 Å². The lowest BCUT2D eigenvalue weighted by Gasteiger charge is -2.15. The molecule has 1 atom stereocenters. The van der Waals surface area contributed by atoms with Crippen LogP contribution in [0, 0.1) is 5.92 Å². The number of carbonyl (C=O) groups is 1. The van der Waals surface area contributed by atoms with Gasteiger partial charge in [0.1, 0.15) is 5.75 Å². The molecule has 0 radical (unpaired) electrons. The van der Waals surface area contributed by atoms with E-state index in [-0.39, 0.29) is 5.78 Å². The van der Waals surface area contributed by atoms with E-state index in [9.17, 15) is 4.79 Å². The van der Waals surface area contributed by atoms with Crippen LogP contribution in [0.3, 0.4) is 0 Å². The molecule has 0 aliphatic carbocycles. The van der Waals surface area contributed by atoms with Crippen molar-refractivity contribution in [3.8, 4) is 5.75 Å². The van der Waals surface area contributed by atoms with Gasteiger partial charge in [-0.1, -0.05) is 24.9 Å². The molecular formula is C15H20ClNO2. The normalized spacial score (nSPS) is 19.6. The third-order valence-corrected chi connectivity index (χ3v) is 4.08. The Morgan fingerprint density at radius 2 is 2.32 bits per heavy atom. The van der Waals surface area contributed by atoms with Crippen molar-refractivity contribution in [3.05, 3.63) is 28.8 Å². The van der Waals surface area contributed by atoms with Gasteiger partial charge < -0.3 is 4.74 Å². The zero-order chi connectivity index (χ0) is 13.8. The molecule has 1 aliphatic rings. The smallest absolute Gasteiger partial charge is 0.176 e. The fraction of sp³-hybridized carbons (Fsp3) is 0.533. The molecular weight excluding hydrogens is 262 g/mol. The SMILES string of the molecule is CCC1CCN(CC(=O)c2ccc(OC)c(Cl)c2)C1. The first-order valence-electron chi connectivity index (χ1n) is 6.73. The van der Waals surface area contributed by atoms with Gasteiger partial charge in [0.2, 0.25) is 0 Å². The van der Waals surface area contributed by atoms with Gasteiger partial charge in [-0.3, -0.25) is 9.69 Å². The molecule has 0 saturated carbocycles. The lowest BCUT2D eigenvalue weighted by Crippen LogP contribution is -2.27. The monoisotopic (exact) mass is 281 g/mol. The van der Waals surface area contributed by atoms with Crippen LogP contribution in [0.1, 0.15) is 30.1 Å². The largest absolute Gasteiger partial charge is 0.495 e. The molecule has 4 heteroatoms. The predicted octanol–water partition coefficient (Wildman–Crippen LogP) is 3.26. The molecule has 1 saturated heterocycles. The van der Waals surface area contributed by atoms with E-state index in [1.54, 1.807) is 25.3 Å². The van der Waals surface area contributed by atoms with Crippen molar-refractivity contribution in [2.45, 2.75) is 19.8 Å². The summed E-state index contributed by atoms with van der Waals surface area (Å²) in [4.78, 5) is 14.4. The molecule has 0 aromatic heterocycles. The van der Waals surface area contributed by atoms with Gasteiger partial charge >= 0.3 is 0 Å². The van der Waals surface area contributed by atoms with Crippen LogP contribution in [0.2, 0.25) is 5.02 Å². The van der Waals surface area contributed by atoms with E-state index in [1.807, 2.05) is 0 Å². The van der Waals surface area contributed by atoms with E-state index in [0.717, 1.165) is 19.0 Å². The third-order valence-electron chi connectivity index (χ3n) is 3.79. The third kappa shape index (κ3) is 3.48. The Bertz CT molecular complexity index is 461. The van der Waals surface area contributed by atoms with Crippen molar-refractivity contribution in [2.75, 3.05) is 26.7 Å². The first-order chi connectivity index (χ1) is 9.13. The summed E-state index contributed by atoms with van der Waals surface area (Å²) in [6, 6.07) is 5.21. The van der Waals surface area contributed by atoms with E-state index >= 15 is 0 Å². The van der Waals surface area contributed by atoms with Gasteiger partial charge in [-0.2, -0.15) is 0 Å². The van der Waals surface area contributed by atoms with Gasteiger partial charge in [0.15, 0.2) is 5.78 Å². The van der Waals surface area contributed by atoms with Crippen molar-refractivity contribution >= 4 is 17.4 Å². The van der Waals surface area contributed by atoms with Crippen molar-refractivity contribution < 1.29 is 9.53 Å². The molecule has 104 valence electrons. The summed E-state index contributed by atoms with van der Waals surface area (Å²) >= 11 is 6.05. The molecule has 0 spiro atoms. The first-order valence-corrected chi connectivity index (χ1v) is 7.11. The number of ether oxygens (including phenoxy) is 1. The zero-order valence-corrected chi connectivity index (χ0v) is 12.2. The van der Waals surface area contributed by atoms with Crippen LogP contribution in [-0.2, 0) is 0 Å². The second-order valence-electron chi connectivity index (χ2n) is 5.07. The number of ketones is 1. The number of likely N-dealkylation sites (tertiary alicyclic amines) is 1. The molecule has 19 heavy (non-hydrogen) atoms. The summed E-state index contributed by atoms with van der Waals surface area (Å²) in [5.74, 6) is 1.47. The minimum atomic E-state index is 0.126. The molecule has 3 nitrogen and oxygen atoms in total. The maximum Gasteiger partial charge on any atom is 0.176 e. The highest BCUT2D eigenvalue weighted by Crippen LogP contribution is 2.25. The first kappa shape index (κ1) is 14.4. The van der Waals surface area contributed by atoms with Gasteiger partial charge in [0.05, 0.1) is 18.7 Å². The molecule has 1 aliphatic heterocycles. The Kier molecular flexibility index (Phi) is 4.83. The molecule has 1 aromatic rings. The molecule has 1 heterocycles. The minimum absolute atomic E-state index is 0.126. The molecule has 1 unspecified atom stereocenters. The van der Waals surface area contributed by atoms with Gasteiger partial charge in [0, 0.05) is 12.1 Å². The zero-order valence-electron chi connectivity index (χ0n) is 11.5. The van der Waals surface area contributed by atoms with Gasteiger partial charge in [0.25, 0.3) is 0 Å². The number of nitrogens with zero attached hydrogens (tertiary/aromatic N) is 1. The number of hydrogen-bond donors (Lipinski definition) is 0. The van der Waals surface area contributed by atoms with Gasteiger partial charge in [-0.05, 0) is 37.1 Å². The molecule has 0 amide bonds. The highest BCUT2D eigenvalue weighted by atomic mass is 35.5. The van der Waals surface area contributed by atoms with E-state index in [4.69, 9.17) is 16.3 Å². The lowest BCUT2D eigenvalue weighted by molar-refractivity contribution is 0.0943. The number of carbonyl (C=O) groups excluding carboxylic acids is 1. The topological polar surface area (TPSA) is 29.5 Å².